The summed E-state index contributed by atoms with van der Waals surface area (Å²) in [6, 6.07) is 6.74. The fraction of sp³-hybridized carbons (Fsp3) is 0.417. The minimum absolute atomic E-state index is 0.0531. The molecule has 1 aliphatic heterocycles. The Balaban J connectivity index is 1.17. The highest BCUT2D eigenvalue weighted by molar-refractivity contribution is 5.93. The smallest absolute Gasteiger partial charge is 0.251 e. The van der Waals surface area contributed by atoms with Crippen LogP contribution in [-0.4, -0.2) is 48.6 Å². The van der Waals surface area contributed by atoms with Crippen molar-refractivity contribution in [2.24, 2.45) is 0 Å². The van der Waals surface area contributed by atoms with E-state index in [2.05, 4.69) is 21.3 Å². The zero-order chi connectivity index (χ0) is 20.8. The minimum atomic E-state index is -0.0978. The van der Waals surface area contributed by atoms with Gasteiger partial charge in [-0.05, 0) is 67.5 Å². The second kappa shape index (κ2) is 9.85. The first-order chi connectivity index (χ1) is 14.7. The number of rotatable bonds is 8. The number of nitrogens with zero attached hydrogens (tertiary/aromatic N) is 2. The monoisotopic (exact) mass is 409 g/mol. The van der Waals surface area contributed by atoms with Crippen molar-refractivity contribution in [1.82, 2.24) is 15.2 Å². The number of halogens is 1. The Morgan fingerprint density at radius 2 is 1.97 bits per heavy atom. The van der Waals surface area contributed by atoms with Gasteiger partial charge in [0.05, 0.1) is 0 Å². The number of pyridine rings is 1. The number of fused-ring (bicyclic) bond motifs is 1. The molecule has 2 aromatic rings. The molecule has 0 saturated carbocycles. The molecule has 0 atom stereocenters. The van der Waals surface area contributed by atoms with E-state index in [9.17, 15) is 9.18 Å². The van der Waals surface area contributed by atoms with E-state index < -0.39 is 0 Å². The van der Waals surface area contributed by atoms with Crippen LogP contribution in [0.1, 0.15) is 40.7 Å². The number of ether oxygens (including phenoxy) is 1. The summed E-state index contributed by atoms with van der Waals surface area (Å²) in [4.78, 5) is 18.3. The van der Waals surface area contributed by atoms with Crippen LogP contribution >= 0.6 is 0 Å². The molecule has 6 heteroatoms. The number of hydrogen-bond donors (Lipinski definition) is 1. The van der Waals surface area contributed by atoms with Gasteiger partial charge in [0, 0.05) is 49.7 Å². The molecule has 0 saturated heterocycles. The Bertz CT molecular complexity index is 914. The number of carbonyl (C=O) groups excluding carboxylic acids is 1. The van der Waals surface area contributed by atoms with Gasteiger partial charge in [-0.3, -0.25) is 14.7 Å². The standard InChI is InChI=1S/C24H28FN3O2/c25-22-5-6-23(21-4-1-3-20(21)22)30-17-18-9-15-28(16-10-18)14-2-11-27-24(29)19-7-12-26-13-8-19/h5-9,12-13H,1-4,10-11,14-17H2,(H,27,29). The summed E-state index contributed by atoms with van der Waals surface area (Å²) >= 11 is 0. The number of amides is 1. The predicted octanol–water partition coefficient (Wildman–Crippen LogP) is 3.54. The molecule has 2 aliphatic rings. The van der Waals surface area contributed by atoms with E-state index in [1.54, 1.807) is 30.6 Å². The van der Waals surface area contributed by atoms with Crippen molar-refractivity contribution in [2.45, 2.75) is 32.1 Å². The van der Waals surface area contributed by atoms with E-state index in [0.29, 0.717) is 18.7 Å². The summed E-state index contributed by atoms with van der Waals surface area (Å²) in [6.07, 6.45) is 10.1. The van der Waals surface area contributed by atoms with Crippen LogP contribution in [0.15, 0.2) is 48.3 Å². The van der Waals surface area contributed by atoms with Crippen LogP contribution in [0.4, 0.5) is 4.39 Å². The fourth-order valence-electron chi connectivity index (χ4n) is 4.13. The third kappa shape index (κ3) is 5.05. The summed E-state index contributed by atoms with van der Waals surface area (Å²) < 4.78 is 19.9. The normalized spacial score (nSPS) is 16.1. The molecule has 1 aromatic heterocycles. The van der Waals surface area contributed by atoms with E-state index in [4.69, 9.17) is 4.74 Å². The van der Waals surface area contributed by atoms with Gasteiger partial charge in [-0.25, -0.2) is 4.39 Å². The molecule has 5 nitrogen and oxygen atoms in total. The Labute approximate surface area is 177 Å². The highest BCUT2D eigenvalue weighted by Gasteiger charge is 2.20. The fourth-order valence-corrected chi connectivity index (χ4v) is 4.13. The summed E-state index contributed by atoms with van der Waals surface area (Å²) in [5.41, 5.74) is 3.84. The van der Waals surface area contributed by atoms with E-state index in [0.717, 1.165) is 68.6 Å². The van der Waals surface area contributed by atoms with Gasteiger partial charge < -0.3 is 10.1 Å². The van der Waals surface area contributed by atoms with E-state index >= 15 is 0 Å². The van der Waals surface area contributed by atoms with Crippen LogP contribution in [-0.2, 0) is 12.8 Å². The Morgan fingerprint density at radius 3 is 2.77 bits per heavy atom. The lowest BCUT2D eigenvalue weighted by atomic mass is 10.1. The SMILES string of the molecule is O=C(NCCCN1CC=C(COc2ccc(F)c3c2CCC3)CC1)c1ccncc1. The number of benzene rings is 1. The van der Waals surface area contributed by atoms with Crippen LogP contribution in [0.3, 0.4) is 0 Å². The number of aromatic nitrogens is 1. The second-order valence-corrected chi connectivity index (χ2v) is 7.90. The van der Waals surface area contributed by atoms with Crippen LogP contribution in [0, 0.1) is 5.82 Å². The van der Waals surface area contributed by atoms with Gasteiger partial charge in [-0.2, -0.15) is 0 Å². The first kappa shape index (κ1) is 20.5. The van der Waals surface area contributed by atoms with Gasteiger partial charge in [-0.1, -0.05) is 6.08 Å². The zero-order valence-electron chi connectivity index (χ0n) is 17.2. The number of carbonyl (C=O) groups is 1. The second-order valence-electron chi connectivity index (χ2n) is 7.90. The summed E-state index contributed by atoms with van der Waals surface area (Å²) in [6.45, 7) is 4.08. The van der Waals surface area contributed by atoms with E-state index in [1.807, 2.05) is 0 Å². The summed E-state index contributed by atoms with van der Waals surface area (Å²) in [5.74, 6) is 0.694. The molecule has 4 rings (SSSR count). The lowest BCUT2D eigenvalue weighted by Gasteiger charge is -2.26. The maximum Gasteiger partial charge on any atom is 0.251 e. The Kier molecular flexibility index (Phi) is 6.74. The summed E-state index contributed by atoms with van der Waals surface area (Å²) in [5, 5.41) is 2.95. The van der Waals surface area contributed by atoms with Crippen molar-refractivity contribution in [3.63, 3.8) is 0 Å². The van der Waals surface area contributed by atoms with E-state index in [-0.39, 0.29) is 11.7 Å². The van der Waals surface area contributed by atoms with Crippen LogP contribution in [0.2, 0.25) is 0 Å². The lowest BCUT2D eigenvalue weighted by molar-refractivity contribution is 0.0951. The van der Waals surface area contributed by atoms with Crippen molar-refractivity contribution < 1.29 is 13.9 Å². The first-order valence-corrected chi connectivity index (χ1v) is 10.7. The lowest BCUT2D eigenvalue weighted by Crippen LogP contribution is -2.33. The van der Waals surface area contributed by atoms with Gasteiger partial charge >= 0.3 is 0 Å². The highest BCUT2D eigenvalue weighted by atomic mass is 19.1. The molecule has 0 spiro atoms. The quantitative estimate of drug-likeness (QED) is 0.535. The third-order valence-corrected chi connectivity index (χ3v) is 5.86. The van der Waals surface area contributed by atoms with Gasteiger partial charge in [0.15, 0.2) is 0 Å². The molecule has 0 unspecified atom stereocenters. The molecular weight excluding hydrogens is 381 g/mol. The topological polar surface area (TPSA) is 54.5 Å². The van der Waals surface area contributed by atoms with Gasteiger partial charge in [0.2, 0.25) is 0 Å². The van der Waals surface area contributed by atoms with Gasteiger partial charge in [-0.15, -0.1) is 0 Å². The molecular formula is C24H28FN3O2. The molecule has 158 valence electrons. The van der Waals surface area contributed by atoms with Crippen molar-refractivity contribution in [2.75, 3.05) is 32.8 Å². The Hall–Kier alpha value is -2.73. The molecule has 0 radical (unpaired) electrons. The van der Waals surface area contributed by atoms with Crippen molar-refractivity contribution in [1.29, 1.82) is 0 Å². The average molecular weight is 410 g/mol. The van der Waals surface area contributed by atoms with Crippen molar-refractivity contribution in [3.8, 4) is 5.75 Å². The number of nitrogens with one attached hydrogen (secondary N) is 1. The molecule has 0 bridgehead atoms. The largest absolute Gasteiger partial charge is 0.489 e. The predicted molar refractivity (Wildman–Crippen MR) is 114 cm³/mol. The molecule has 0 fully saturated rings. The first-order valence-electron chi connectivity index (χ1n) is 10.7. The maximum atomic E-state index is 13.9. The van der Waals surface area contributed by atoms with E-state index in [1.165, 1.54) is 11.6 Å². The third-order valence-electron chi connectivity index (χ3n) is 5.86. The Morgan fingerprint density at radius 1 is 1.13 bits per heavy atom. The molecule has 30 heavy (non-hydrogen) atoms. The maximum absolute atomic E-state index is 13.9. The minimum Gasteiger partial charge on any atom is -0.489 e. The van der Waals surface area contributed by atoms with Crippen LogP contribution in [0.25, 0.3) is 0 Å². The molecule has 2 heterocycles. The van der Waals surface area contributed by atoms with Crippen LogP contribution < -0.4 is 10.1 Å². The van der Waals surface area contributed by atoms with Crippen molar-refractivity contribution >= 4 is 5.91 Å². The summed E-state index contributed by atoms with van der Waals surface area (Å²) in [7, 11) is 0. The van der Waals surface area contributed by atoms with Crippen molar-refractivity contribution in [3.05, 3.63) is 70.8 Å². The molecule has 1 N–H and O–H groups in total. The molecule has 1 aliphatic carbocycles. The van der Waals surface area contributed by atoms with Gasteiger partial charge in [0.25, 0.3) is 5.91 Å². The molecule has 1 amide bonds. The zero-order valence-corrected chi connectivity index (χ0v) is 17.2. The van der Waals surface area contributed by atoms with Crippen LogP contribution in [0.5, 0.6) is 5.75 Å². The number of hydrogen-bond acceptors (Lipinski definition) is 4. The average Bonchev–Trinajstić information content (AvgIpc) is 3.29. The van der Waals surface area contributed by atoms with Gasteiger partial charge in [0.1, 0.15) is 18.2 Å². The molecule has 1 aromatic carbocycles. The highest BCUT2D eigenvalue weighted by Crippen LogP contribution is 2.33.